The molecule has 6 nitrogen and oxygen atoms in total. The molecular weight excluding hydrogens is 268 g/mol. The standard InChI is InChI=1S/C15H20N4O2/c1-11(2)13-16-14(18-17-13)15(20)19(3)9-10-21-12-7-5-4-6-8-12/h4-8,11H,9-10H2,1-3H3,(H,16,17,18). The van der Waals surface area contributed by atoms with Gasteiger partial charge >= 0.3 is 0 Å². The van der Waals surface area contributed by atoms with E-state index in [-0.39, 0.29) is 17.6 Å². The number of hydrogen-bond donors (Lipinski definition) is 1. The van der Waals surface area contributed by atoms with Crippen LogP contribution in [0.2, 0.25) is 0 Å². The number of carbonyl (C=O) groups excluding carboxylic acids is 1. The second-order valence-corrected chi connectivity index (χ2v) is 5.09. The maximum absolute atomic E-state index is 12.1. The van der Waals surface area contributed by atoms with Crippen LogP contribution in [0.3, 0.4) is 0 Å². The molecule has 0 fully saturated rings. The van der Waals surface area contributed by atoms with Crippen molar-refractivity contribution in [3.63, 3.8) is 0 Å². The Morgan fingerprint density at radius 3 is 2.67 bits per heavy atom. The van der Waals surface area contributed by atoms with Gasteiger partial charge in [0.1, 0.15) is 18.2 Å². The number of H-pyrrole nitrogens is 1. The van der Waals surface area contributed by atoms with Crippen molar-refractivity contribution in [3.8, 4) is 5.75 Å². The van der Waals surface area contributed by atoms with E-state index in [1.54, 1.807) is 11.9 Å². The van der Waals surface area contributed by atoms with Crippen LogP contribution in [0.4, 0.5) is 0 Å². The number of nitrogens with zero attached hydrogens (tertiary/aromatic N) is 3. The van der Waals surface area contributed by atoms with Gasteiger partial charge in [0.15, 0.2) is 0 Å². The molecule has 0 aliphatic heterocycles. The predicted octanol–water partition coefficient (Wildman–Crippen LogP) is 2.08. The second-order valence-electron chi connectivity index (χ2n) is 5.09. The highest BCUT2D eigenvalue weighted by Gasteiger charge is 2.17. The monoisotopic (exact) mass is 288 g/mol. The van der Waals surface area contributed by atoms with Crippen LogP contribution in [0.15, 0.2) is 30.3 Å². The molecule has 0 saturated carbocycles. The maximum Gasteiger partial charge on any atom is 0.293 e. The number of amides is 1. The molecule has 0 radical (unpaired) electrons. The second kappa shape index (κ2) is 6.88. The first kappa shape index (κ1) is 15.0. The van der Waals surface area contributed by atoms with Crippen molar-refractivity contribution in [2.24, 2.45) is 0 Å². The normalized spacial score (nSPS) is 10.7. The third kappa shape index (κ3) is 4.05. The summed E-state index contributed by atoms with van der Waals surface area (Å²) in [6, 6.07) is 9.51. The van der Waals surface area contributed by atoms with Gasteiger partial charge in [0.2, 0.25) is 5.82 Å². The lowest BCUT2D eigenvalue weighted by molar-refractivity contribution is 0.0762. The van der Waals surface area contributed by atoms with Gasteiger partial charge in [-0.1, -0.05) is 32.0 Å². The quantitative estimate of drug-likeness (QED) is 0.883. The van der Waals surface area contributed by atoms with Crippen LogP contribution in [-0.2, 0) is 0 Å². The molecule has 112 valence electrons. The lowest BCUT2D eigenvalue weighted by atomic mass is 10.2. The molecule has 0 unspecified atom stereocenters. The molecule has 1 aromatic heterocycles. The van der Waals surface area contributed by atoms with Gasteiger partial charge in [0, 0.05) is 13.0 Å². The molecule has 1 heterocycles. The smallest absolute Gasteiger partial charge is 0.293 e. The number of para-hydroxylation sites is 1. The Bertz CT molecular complexity index is 580. The Labute approximate surface area is 124 Å². The molecule has 6 heteroatoms. The first-order chi connectivity index (χ1) is 10.1. The topological polar surface area (TPSA) is 71.1 Å². The molecule has 0 spiro atoms. The molecule has 0 saturated heterocycles. The maximum atomic E-state index is 12.1. The van der Waals surface area contributed by atoms with Crippen molar-refractivity contribution in [3.05, 3.63) is 42.0 Å². The van der Waals surface area contributed by atoms with E-state index in [0.29, 0.717) is 19.0 Å². The Kier molecular flexibility index (Phi) is 4.92. The van der Waals surface area contributed by atoms with Crippen LogP contribution in [0.25, 0.3) is 0 Å². The minimum absolute atomic E-state index is 0.195. The average molecular weight is 288 g/mol. The Hall–Kier alpha value is -2.37. The highest BCUT2D eigenvalue weighted by Crippen LogP contribution is 2.09. The van der Waals surface area contributed by atoms with E-state index in [2.05, 4.69) is 15.2 Å². The van der Waals surface area contributed by atoms with Crippen LogP contribution in [0.5, 0.6) is 5.75 Å². The lowest BCUT2D eigenvalue weighted by Crippen LogP contribution is -2.31. The zero-order valence-corrected chi connectivity index (χ0v) is 12.5. The fourth-order valence-corrected chi connectivity index (χ4v) is 1.72. The summed E-state index contributed by atoms with van der Waals surface area (Å²) in [6.45, 7) is 4.88. The van der Waals surface area contributed by atoms with Gasteiger partial charge in [-0.3, -0.25) is 9.89 Å². The number of benzene rings is 1. The van der Waals surface area contributed by atoms with E-state index in [1.807, 2.05) is 44.2 Å². The highest BCUT2D eigenvalue weighted by atomic mass is 16.5. The van der Waals surface area contributed by atoms with Crippen molar-refractivity contribution in [2.45, 2.75) is 19.8 Å². The molecule has 2 rings (SSSR count). The number of aromatic nitrogens is 3. The summed E-state index contributed by atoms with van der Waals surface area (Å²) in [7, 11) is 1.71. The number of aromatic amines is 1. The number of ether oxygens (including phenoxy) is 1. The largest absolute Gasteiger partial charge is 0.492 e. The molecule has 2 aromatic rings. The molecule has 1 aromatic carbocycles. The minimum Gasteiger partial charge on any atom is -0.492 e. The summed E-state index contributed by atoms with van der Waals surface area (Å²) in [4.78, 5) is 17.9. The predicted molar refractivity (Wildman–Crippen MR) is 79.4 cm³/mol. The van der Waals surface area contributed by atoms with Crippen molar-refractivity contribution < 1.29 is 9.53 Å². The summed E-state index contributed by atoms with van der Waals surface area (Å²) >= 11 is 0. The number of rotatable bonds is 6. The van der Waals surface area contributed by atoms with Gasteiger partial charge in [-0.15, -0.1) is 5.10 Å². The number of likely N-dealkylation sites (N-methyl/N-ethyl adjacent to an activating group) is 1. The summed E-state index contributed by atoms with van der Waals surface area (Å²) in [6.07, 6.45) is 0. The lowest BCUT2D eigenvalue weighted by Gasteiger charge is -2.15. The van der Waals surface area contributed by atoms with E-state index in [1.165, 1.54) is 0 Å². The Morgan fingerprint density at radius 2 is 2.05 bits per heavy atom. The molecule has 0 aliphatic rings. The van der Waals surface area contributed by atoms with Crippen molar-refractivity contribution in [1.29, 1.82) is 0 Å². The molecule has 0 atom stereocenters. The minimum atomic E-state index is -0.213. The van der Waals surface area contributed by atoms with Gasteiger partial charge in [0.25, 0.3) is 5.91 Å². The fraction of sp³-hybridized carbons (Fsp3) is 0.400. The first-order valence-electron chi connectivity index (χ1n) is 6.93. The summed E-state index contributed by atoms with van der Waals surface area (Å²) in [5.74, 6) is 1.70. The third-order valence-electron chi connectivity index (χ3n) is 3.03. The van der Waals surface area contributed by atoms with E-state index < -0.39 is 0 Å². The molecule has 1 amide bonds. The van der Waals surface area contributed by atoms with Gasteiger partial charge in [0.05, 0.1) is 6.54 Å². The van der Waals surface area contributed by atoms with Gasteiger partial charge in [-0.2, -0.15) is 0 Å². The van der Waals surface area contributed by atoms with Crippen LogP contribution < -0.4 is 4.74 Å². The zero-order valence-electron chi connectivity index (χ0n) is 12.5. The van der Waals surface area contributed by atoms with E-state index in [4.69, 9.17) is 4.74 Å². The van der Waals surface area contributed by atoms with Gasteiger partial charge in [-0.25, -0.2) is 4.98 Å². The van der Waals surface area contributed by atoms with E-state index in [0.717, 1.165) is 5.75 Å². The first-order valence-corrected chi connectivity index (χ1v) is 6.93. The molecule has 1 N–H and O–H groups in total. The highest BCUT2D eigenvalue weighted by molar-refractivity contribution is 5.90. The zero-order chi connectivity index (χ0) is 15.2. The molecular formula is C15H20N4O2. The summed E-state index contributed by atoms with van der Waals surface area (Å²) in [5.41, 5.74) is 0. The van der Waals surface area contributed by atoms with Gasteiger partial charge < -0.3 is 9.64 Å². The van der Waals surface area contributed by atoms with Crippen LogP contribution in [-0.4, -0.2) is 46.2 Å². The number of hydrogen-bond acceptors (Lipinski definition) is 4. The SMILES string of the molecule is CC(C)c1nc(C(=O)N(C)CCOc2ccccc2)n[nH]1. The fourth-order valence-electron chi connectivity index (χ4n) is 1.72. The van der Waals surface area contributed by atoms with Crippen molar-refractivity contribution in [1.82, 2.24) is 20.1 Å². The number of nitrogens with one attached hydrogen (secondary N) is 1. The third-order valence-corrected chi connectivity index (χ3v) is 3.03. The van der Waals surface area contributed by atoms with Crippen molar-refractivity contribution >= 4 is 5.91 Å². The van der Waals surface area contributed by atoms with Crippen molar-refractivity contribution in [2.75, 3.05) is 20.2 Å². The van der Waals surface area contributed by atoms with Crippen LogP contribution in [0, 0.1) is 0 Å². The molecule has 21 heavy (non-hydrogen) atoms. The summed E-state index contributed by atoms with van der Waals surface area (Å²) in [5, 5.41) is 6.74. The van der Waals surface area contributed by atoms with Crippen LogP contribution in [0.1, 0.15) is 36.2 Å². The van der Waals surface area contributed by atoms with Gasteiger partial charge in [-0.05, 0) is 12.1 Å². The Morgan fingerprint density at radius 1 is 1.33 bits per heavy atom. The van der Waals surface area contributed by atoms with Crippen LogP contribution >= 0.6 is 0 Å². The van der Waals surface area contributed by atoms with E-state index >= 15 is 0 Å². The summed E-state index contributed by atoms with van der Waals surface area (Å²) < 4.78 is 5.56. The van der Waals surface area contributed by atoms with E-state index in [9.17, 15) is 4.79 Å². The molecule has 0 bridgehead atoms. The Balaban J connectivity index is 1.84. The molecule has 0 aliphatic carbocycles. The average Bonchev–Trinajstić information content (AvgIpc) is 2.97. The number of carbonyl (C=O) groups is 1.